The van der Waals surface area contributed by atoms with Gasteiger partial charge < -0.3 is 15.0 Å². The number of ether oxygens (including phenoxy) is 1. The van der Waals surface area contributed by atoms with Gasteiger partial charge in [-0.25, -0.2) is 0 Å². The summed E-state index contributed by atoms with van der Waals surface area (Å²) in [5.41, 5.74) is -0.0267. The van der Waals surface area contributed by atoms with Gasteiger partial charge in [-0.3, -0.25) is 14.9 Å². The second-order valence-corrected chi connectivity index (χ2v) is 5.05. The van der Waals surface area contributed by atoms with Crippen LogP contribution in [0.15, 0.2) is 30.0 Å². The van der Waals surface area contributed by atoms with Crippen LogP contribution in [0.5, 0.6) is 0 Å². The number of morpholine rings is 1. The van der Waals surface area contributed by atoms with Gasteiger partial charge in [-0.2, -0.15) is 5.26 Å². The van der Waals surface area contributed by atoms with Gasteiger partial charge in [0.25, 0.3) is 11.6 Å². The molecule has 0 atom stereocenters. The number of amides is 1. The first-order valence-electron chi connectivity index (χ1n) is 6.70. The molecule has 23 heavy (non-hydrogen) atoms. The summed E-state index contributed by atoms with van der Waals surface area (Å²) in [4.78, 5) is 23.9. The van der Waals surface area contributed by atoms with Crippen molar-refractivity contribution in [3.8, 4) is 6.07 Å². The van der Waals surface area contributed by atoms with Crippen LogP contribution >= 0.6 is 11.6 Å². The van der Waals surface area contributed by atoms with E-state index in [1.807, 2.05) is 6.07 Å². The minimum Gasteiger partial charge on any atom is -0.378 e. The molecule has 1 aromatic rings. The smallest absolute Gasteiger partial charge is 0.271 e. The van der Waals surface area contributed by atoms with Crippen molar-refractivity contribution in [2.24, 2.45) is 0 Å². The van der Waals surface area contributed by atoms with Crippen LogP contribution in [-0.2, 0) is 9.53 Å². The van der Waals surface area contributed by atoms with E-state index in [1.165, 1.54) is 29.3 Å². The number of carbonyl (C=O) groups excluding carboxylic acids is 1. The molecule has 1 aliphatic heterocycles. The highest BCUT2D eigenvalue weighted by Gasteiger charge is 2.20. The topological polar surface area (TPSA) is 108 Å². The first-order valence-corrected chi connectivity index (χ1v) is 7.08. The van der Waals surface area contributed by atoms with Crippen molar-refractivity contribution in [3.05, 3.63) is 45.1 Å². The number of non-ortho nitro benzene ring substituents is 1. The second-order valence-electron chi connectivity index (χ2n) is 4.64. The third-order valence-corrected chi connectivity index (χ3v) is 3.51. The van der Waals surface area contributed by atoms with Crippen LogP contribution in [0.2, 0.25) is 5.02 Å². The van der Waals surface area contributed by atoms with E-state index in [0.717, 1.165) is 0 Å². The number of hydrogen-bond acceptors (Lipinski definition) is 6. The molecule has 1 aliphatic rings. The van der Waals surface area contributed by atoms with Gasteiger partial charge in [0, 0.05) is 31.4 Å². The average molecular weight is 337 g/mol. The molecule has 1 N–H and O–H groups in total. The Hall–Kier alpha value is -2.63. The lowest BCUT2D eigenvalue weighted by molar-refractivity contribution is -0.384. The van der Waals surface area contributed by atoms with E-state index in [9.17, 15) is 14.9 Å². The minimum absolute atomic E-state index is 0.116. The van der Waals surface area contributed by atoms with Gasteiger partial charge in [-0.15, -0.1) is 0 Å². The van der Waals surface area contributed by atoms with Crippen LogP contribution in [0.25, 0.3) is 0 Å². The lowest BCUT2D eigenvalue weighted by atomic mass is 10.2. The van der Waals surface area contributed by atoms with Crippen molar-refractivity contribution >= 4 is 28.9 Å². The van der Waals surface area contributed by atoms with E-state index in [1.54, 1.807) is 0 Å². The molecule has 1 amide bonds. The molecule has 8 nitrogen and oxygen atoms in total. The average Bonchev–Trinajstić information content (AvgIpc) is 2.57. The fourth-order valence-corrected chi connectivity index (χ4v) is 2.14. The lowest BCUT2D eigenvalue weighted by Gasteiger charge is -2.26. The lowest BCUT2D eigenvalue weighted by Crippen LogP contribution is -2.41. The first kappa shape index (κ1) is 16.7. The van der Waals surface area contributed by atoms with E-state index >= 15 is 0 Å². The molecule has 0 spiro atoms. The number of rotatable bonds is 4. The molecule has 0 saturated carbocycles. The number of benzene rings is 1. The molecule has 1 heterocycles. The normalized spacial score (nSPS) is 15.0. The summed E-state index contributed by atoms with van der Waals surface area (Å²) in [5, 5.41) is 22.8. The number of nitro groups is 1. The number of nitrogens with one attached hydrogen (secondary N) is 1. The monoisotopic (exact) mass is 336 g/mol. The van der Waals surface area contributed by atoms with Crippen molar-refractivity contribution in [3.63, 3.8) is 0 Å². The second kappa shape index (κ2) is 7.58. The molecule has 0 unspecified atom stereocenters. The summed E-state index contributed by atoms with van der Waals surface area (Å²) in [6.07, 6.45) is 1.20. The largest absolute Gasteiger partial charge is 0.378 e. The summed E-state index contributed by atoms with van der Waals surface area (Å²) >= 11 is 5.95. The van der Waals surface area contributed by atoms with Crippen LogP contribution in [0.4, 0.5) is 11.4 Å². The van der Waals surface area contributed by atoms with Crippen LogP contribution in [-0.4, -0.2) is 42.0 Å². The molecule has 9 heteroatoms. The molecule has 0 aromatic heterocycles. The Morgan fingerprint density at radius 2 is 2.17 bits per heavy atom. The fourth-order valence-electron chi connectivity index (χ4n) is 1.97. The third-order valence-electron chi connectivity index (χ3n) is 3.18. The van der Waals surface area contributed by atoms with Crippen molar-refractivity contribution < 1.29 is 14.5 Å². The summed E-state index contributed by atoms with van der Waals surface area (Å²) < 4.78 is 5.15. The van der Waals surface area contributed by atoms with Gasteiger partial charge in [-0.1, -0.05) is 11.6 Å². The zero-order chi connectivity index (χ0) is 16.8. The van der Waals surface area contributed by atoms with Gasteiger partial charge in [0.05, 0.1) is 28.8 Å². The Balaban J connectivity index is 2.16. The Bertz CT molecular complexity index is 693. The molecular formula is C14H13ClN4O4. The highest BCUT2D eigenvalue weighted by atomic mass is 35.5. The number of carbonyl (C=O) groups is 1. The summed E-state index contributed by atoms with van der Waals surface area (Å²) in [7, 11) is 0. The standard InChI is InChI=1S/C14H13ClN4O4/c15-12-2-1-11(19(21)22)7-13(12)17-9-10(8-16)14(20)18-3-5-23-6-4-18/h1-2,7,9,17H,3-6H2/b10-9-. The maximum Gasteiger partial charge on any atom is 0.271 e. The number of halogens is 1. The molecule has 0 bridgehead atoms. The van der Waals surface area contributed by atoms with Gasteiger partial charge in [0.2, 0.25) is 0 Å². The molecule has 1 saturated heterocycles. The Morgan fingerprint density at radius 3 is 2.78 bits per heavy atom. The fraction of sp³-hybridized carbons (Fsp3) is 0.286. The van der Waals surface area contributed by atoms with Crippen molar-refractivity contribution in [2.75, 3.05) is 31.6 Å². The van der Waals surface area contributed by atoms with Crippen LogP contribution < -0.4 is 5.32 Å². The summed E-state index contributed by atoms with van der Waals surface area (Å²) in [6, 6.07) is 5.68. The van der Waals surface area contributed by atoms with Crippen molar-refractivity contribution in [2.45, 2.75) is 0 Å². The summed E-state index contributed by atoms with van der Waals surface area (Å²) in [6.45, 7) is 1.67. The van der Waals surface area contributed by atoms with Gasteiger partial charge in [-0.05, 0) is 6.07 Å². The molecule has 1 aromatic carbocycles. The molecule has 0 radical (unpaired) electrons. The predicted molar refractivity (Wildman–Crippen MR) is 82.8 cm³/mol. The molecule has 1 fully saturated rings. The number of hydrogen-bond donors (Lipinski definition) is 1. The number of nitriles is 1. The van der Waals surface area contributed by atoms with Gasteiger partial charge in [0.1, 0.15) is 11.6 Å². The zero-order valence-electron chi connectivity index (χ0n) is 12.0. The van der Waals surface area contributed by atoms with Crippen LogP contribution in [0.1, 0.15) is 0 Å². The van der Waals surface area contributed by atoms with Crippen LogP contribution in [0, 0.1) is 21.4 Å². The van der Waals surface area contributed by atoms with E-state index in [2.05, 4.69) is 5.32 Å². The Kier molecular flexibility index (Phi) is 5.51. The number of nitrogens with zero attached hydrogens (tertiary/aromatic N) is 3. The quantitative estimate of drug-likeness (QED) is 0.389. The summed E-state index contributed by atoms with van der Waals surface area (Å²) in [5.74, 6) is -0.426. The maximum atomic E-state index is 12.2. The van der Waals surface area contributed by atoms with Crippen molar-refractivity contribution in [1.82, 2.24) is 4.90 Å². The molecular weight excluding hydrogens is 324 g/mol. The Labute approximate surface area is 137 Å². The van der Waals surface area contributed by atoms with E-state index < -0.39 is 10.8 Å². The SMILES string of the molecule is N#C/C(=C/Nc1cc([N+](=O)[O-])ccc1Cl)C(=O)N1CCOCC1. The van der Waals surface area contributed by atoms with Crippen LogP contribution in [0.3, 0.4) is 0 Å². The highest BCUT2D eigenvalue weighted by molar-refractivity contribution is 6.33. The number of nitro benzene ring substituents is 1. The van der Waals surface area contributed by atoms with Gasteiger partial charge >= 0.3 is 0 Å². The predicted octanol–water partition coefficient (Wildman–Crippen LogP) is 1.93. The molecule has 2 rings (SSSR count). The highest BCUT2D eigenvalue weighted by Crippen LogP contribution is 2.26. The van der Waals surface area contributed by atoms with Crippen molar-refractivity contribution in [1.29, 1.82) is 5.26 Å². The zero-order valence-corrected chi connectivity index (χ0v) is 12.7. The maximum absolute atomic E-state index is 12.2. The van der Waals surface area contributed by atoms with E-state index in [0.29, 0.717) is 26.3 Å². The van der Waals surface area contributed by atoms with Gasteiger partial charge in [0.15, 0.2) is 0 Å². The minimum atomic E-state index is -0.560. The molecule has 120 valence electrons. The third kappa shape index (κ3) is 4.18. The number of anilines is 1. The Morgan fingerprint density at radius 1 is 1.48 bits per heavy atom. The first-order chi connectivity index (χ1) is 11.0. The van der Waals surface area contributed by atoms with E-state index in [-0.39, 0.29) is 22.0 Å². The molecule has 0 aliphatic carbocycles. The van der Waals surface area contributed by atoms with E-state index in [4.69, 9.17) is 21.6 Å².